The van der Waals surface area contributed by atoms with Crippen molar-refractivity contribution >= 4 is 28.7 Å². The third-order valence-electron chi connectivity index (χ3n) is 3.19. The third-order valence-corrected chi connectivity index (χ3v) is 3.65. The molecule has 0 aliphatic heterocycles. The van der Waals surface area contributed by atoms with Crippen molar-refractivity contribution in [3.63, 3.8) is 0 Å². The van der Waals surface area contributed by atoms with Gasteiger partial charge in [0.2, 0.25) is 0 Å². The summed E-state index contributed by atoms with van der Waals surface area (Å²) in [6, 6.07) is 6.21. The molecule has 0 fully saturated rings. The number of esters is 1. The Morgan fingerprint density at radius 1 is 1.21 bits per heavy atom. The molecule has 0 aromatic heterocycles. The van der Waals surface area contributed by atoms with Crippen LogP contribution in [0, 0.1) is 0 Å². The second kappa shape index (κ2) is 10.7. The zero-order valence-corrected chi connectivity index (χ0v) is 19.3. The van der Waals surface area contributed by atoms with Gasteiger partial charge >= 0.3 is 16.4 Å². The average molecular weight is 672 g/mol. The number of benzene rings is 1. The Bertz CT molecular complexity index is 791. The van der Waals surface area contributed by atoms with Crippen LogP contribution >= 0.6 is 0 Å². The third kappa shape index (κ3) is 10.4. The largest absolute Gasteiger partial charge is 0.526 e. The topological polar surface area (TPSA) is 139 Å². The molecule has 1 rings (SSSR count). The molecule has 2 N–H and O–H groups in total. The van der Waals surface area contributed by atoms with Crippen LogP contribution in [-0.4, -0.2) is 61.5 Å². The van der Waals surface area contributed by atoms with Crippen LogP contribution in [-0.2, 0) is 35.5 Å². The van der Waals surface area contributed by atoms with E-state index < -0.39 is 41.0 Å². The summed E-state index contributed by atoms with van der Waals surface area (Å²) >= 11 is 0. The summed E-state index contributed by atoms with van der Waals surface area (Å²) < 4.78 is 39.4. The van der Waals surface area contributed by atoms with E-state index in [1.807, 2.05) is 0 Å². The minimum Gasteiger partial charge on any atom is -0.526 e. The van der Waals surface area contributed by atoms with Gasteiger partial charge in [-0.25, -0.2) is 4.18 Å². The van der Waals surface area contributed by atoms with Crippen LogP contribution in [0.3, 0.4) is 0 Å². The van der Waals surface area contributed by atoms with Gasteiger partial charge in [0, 0.05) is 18.7 Å². The number of rotatable bonds is 10. The van der Waals surface area contributed by atoms with Gasteiger partial charge in [-0.15, -0.1) is 0 Å². The smallest absolute Gasteiger partial charge is 0.397 e. The molecule has 2 amide bonds. The minimum absolute atomic E-state index is 0. The van der Waals surface area contributed by atoms with Crippen molar-refractivity contribution in [2.45, 2.75) is 32.9 Å². The standard InChI is InChI=1S/C17H23N2O8S.Fm/c1-17(2,3)27-15(21)11-19(8-9-26-28(23,24)25)16(22)14-6-4-13(5-7-14)10-18-12-20;/h4-7H,8-11H2,1-3H3,(H,18,20)(H,23,24,25);/q-1;. The number of ether oxygens (including phenoxy) is 1. The van der Waals surface area contributed by atoms with Crippen LogP contribution in [0.5, 0.6) is 0 Å². The fourth-order valence-electron chi connectivity index (χ4n) is 2.12. The Kier molecular flexibility index (Phi) is 9.44. The van der Waals surface area contributed by atoms with Gasteiger partial charge in [-0.1, -0.05) is 12.1 Å². The number of carbonyl (C=O) groups excluding carboxylic acids is 3. The zero-order chi connectivity index (χ0) is 21.4. The molecule has 0 saturated heterocycles. The van der Waals surface area contributed by atoms with E-state index in [-0.39, 0.29) is 18.7 Å². The Labute approximate surface area is 163 Å². The Balaban J connectivity index is 0.00000784. The van der Waals surface area contributed by atoms with Crippen LogP contribution in [0.4, 0.5) is 0 Å². The zero-order valence-electron chi connectivity index (χ0n) is 16.1. The summed E-state index contributed by atoms with van der Waals surface area (Å²) in [7, 11) is -4.67. The minimum atomic E-state index is -4.67. The Morgan fingerprint density at radius 3 is 2.28 bits per heavy atom. The summed E-state index contributed by atoms with van der Waals surface area (Å²) in [5.74, 6) is -1.25. The first-order valence-corrected chi connectivity index (χ1v) is 9.60. The molecule has 0 radical (unpaired) electrons. The predicted molar refractivity (Wildman–Crippen MR) is 98.2 cm³/mol. The van der Waals surface area contributed by atoms with Gasteiger partial charge < -0.3 is 19.7 Å². The predicted octanol–water partition coefficient (Wildman–Crippen LogP) is 0.447. The van der Waals surface area contributed by atoms with E-state index in [0.717, 1.165) is 10.5 Å². The van der Waals surface area contributed by atoms with Crippen molar-refractivity contribution in [3.05, 3.63) is 35.4 Å². The fraction of sp³-hybridized carbons (Fsp3) is 0.471. The number of nitrogens with zero attached hydrogens (tertiary/aromatic N) is 1. The van der Waals surface area contributed by atoms with Gasteiger partial charge in [0.1, 0.15) is 12.1 Å². The number of hydrogen-bond acceptors (Lipinski definition) is 7. The molecule has 0 aliphatic carbocycles. The number of nitrogens with one attached hydrogen (secondary N) is 1. The molecule has 0 aliphatic rings. The second-order valence-corrected chi connectivity index (χ2v) is 7.81. The van der Waals surface area contributed by atoms with E-state index in [1.54, 1.807) is 32.9 Å². The van der Waals surface area contributed by atoms with Crippen LogP contribution in [0.1, 0.15) is 36.7 Å². The molecule has 0 bridgehead atoms. The van der Waals surface area contributed by atoms with E-state index in [2.05, 4.69) is 9.50 Å². The van der Waals surface area contributed by atoms with Crippen molar-refractivity contribution in [1.29, 1.82) is 0 Å². The first-order chi connectivity index (χ1) is 12.9. The quantitative estimate of drug-likeness (QED) is 0.158. The van der Waals surface area contributed by atoms with Crippen molar-refractivity contribution in [3.8, 4) is 0 Å². The molecular weight excluding hydrogens is 649 g/mol. The van der Waals surface area contributed by atoms with Gasteiger partial charge in [-0.2, -0.15) is 14.8 Å². The SMILES string of the molecule is CC(C)(C)OC(=O)CN(CCOS(=O)(=O)O)C(=O)c1ccc(CN[C-]=O)cc1.[Fm]. The van der Waals surface area contributed by atoms with E-state index in [9.17, 15) is 22.8 Å². The molecular formula is C17H23FmN2O8S-. The van der Waals surface area contributed by atoms with Gasteiger partial charge in [-0.3, -0.25) is 14.1 Å². The van der Waals surface area contributed by atoms with Crippen LogP contribution in [0.2, 0.25) is 0 Å². The second-order valence-electron chi connectivity index (χ2n) is 6.72. The maximum atomic E-state index is 12.7. The first-order valence-electron chi connectivity index (χ1n) is 8.23. The fourth-order valence-corrected chi connectivity index (χ4v) is 2.41. The van der Waals surface area contributed by atoms with E-state index in [0.29, 0.717) is 0 Å². The monoisotopic (exact) mass is 672 g/mol. The van der Waals surface area contributed by atoms with E-state index >= 15 is 0 Å². The molecule has 1 aromatic carbocycles. The van der Waals surface area contributed by atoms with Crippen LogP contribution in [0.25, 0.3) is 0 Å². The molecule has 10 nitrogen and oxygen atoms in total. The van der Waals surface area contributed by atoms with Crippen molar-refractivity contribution in [2.24, 2.45) is 0 Å². The molecule has 0 atom stereocenters. The average Bonchev–Trinajstić information content (AvgIpc) is 2.56. The molecule has 12 heteroatoms. The summed E-state index contributed by atoms with van der Waals surface area (Å²) in [4.78, 5) is 36.0. The van der Waals surface area contributed by atoms with E-state index in [4.69, 9.17) is 9.29 Å². The molecule has 1 aromatic rings. The first kappa shape index (κ1) is 25.5. The Hall–Kier alpha value is -3.50. The maximum Gasteiger partial charge on any atom is 0.397 e. The molecule has 0 spiro atoms. The number of carbonyl (C=O) groups is 2. The number of amides is 2. The summed E-state index contributed by atoms with van der Waals surface area (Å²) in [6.45, 7) is 3.99. The molecule has 29 heavy (non-hydrogen) atoms. The molecule has 0 saturated carbocycles. The summed E-state index contributed by atoms with van der Waals surface area (Å²) in [5, 5.41) is 2.37. The summed E-state index contributed by atoms with van der Waals surface area (Å²) in [5.41, 5.74) is 0.198. The molecule has 168 valence electrons. The Morgan fingerprint density at radius 2 is 1.79 bits per heavy atom. The molecule has 0 unspecified atom stereocenters. The van der Waals surface area contributed by atoms with Gasteiger partial charge in [-0.05, 0) is 38.5 Å². The van der Waals surface area contributed by atoms with Crippen LogP contribution < -0.4 is 5.32 Å². The number of hydrogen-bond donors (Lipinski definition) is 2. The van der Waals surface area contributed by atoms with Crippen molar-refractivity contribution in [2.75, 3.05) is 19.7 Å². The summed E-state index contributed by atoms with van der Waals surface area (Å²) in [6.07, 6.45) is 1.54. The van der Waals surface area contributed by atoms with Gasteiger partial charge in [0.25, 0.3) is 5.91 Å². The normalized spacial score (nSPS) is 11.2. The van der Waals surface area contributed by atoms with Crippen molar-refractivity contribution in [1.82, 2.24) is 10.2 Å². The van der Waals surface area contributed by atoms with Gasteiger partial charge in [0.05, 0.1) is 6.61 Å². The van der Waals surface area contributed by atoms with Crippen molar-refractivity contribution < 1.29 is 36.3 Å². The van der Waals surface area contributed by atoms with Gasteiger partial charge in [0.15, 0.2) is 0 Å². The maximum absolute atomic E-state index is 12.7. The van der Waals surface area contributed by atoms with Crippen LogP contribution in [0.15, 0.2) is 24.3 Å². The molecule has 0 heterocycles. The van der Waals surface area contributed by atoms with E-state index in [1.165, 1.54) is 18.5 Å².